The summed E-state index contributed by atoms with van der Waals surface area (Å²) in [4.78, 5) is 25.9. The van der Waals surface area contributed by atoms with Crippen LogP contribution in [0.25, 0.3) is 0 Å². The molecule has 25 heavy (non-hydrogen) atoms. The van der Waals surface area contributed by atoms with Crippen LogP contribution in [0, 0.1) is 5.82 Å². The first-order chi connectivity index (χ1) is 11.9. The van der Waals surface area contributed by atoms with Crippen LogP contribution < -0.4 is 10.6 Å². The summed E-state index contributed by atoms with van der Waals surface area (Å²) in [7, 11) is 0. The van der Waals surface area contributed by atoms with Crippen molar-refractivity contribution in [1.29, 1.82) is 0 Å². The van der Waals surface area contributed by atoms with Crippen molar-refractivity contribution in [1.82, 2.24) is 15.5 Å². The average molecular weight is 351 g/mol. The summed E-state index contributed by atoms with van der Waals surface area (Å²) in [5, 5.41) is 5.31. The van der Waals surface area contributed by atoms with Crippen molar-refractivity contribution in [3.05, 3.63) is 35.6 Å². The van der Waals surface area contributed by atoms with E-state index >= 15 is 0 Å². The van der Waals surface area contributed by atoms with Crippen LogP contribution in [-0.2, 0) is 9.53 Å². The van der Waals surface area contributed by atoms with E-state index in [0.717, 1.165) is 26.1 Å². The van der Waals surface area contributed by atoms with Gasteiger partial charge in [0.25, 0.3) is 5.91 Å². The topological polar surface area (TPSA) is 70.7 Å². The molecule has 1 aromatic carbocycles. The molecule has 1 aliphatic rings. The van der Waals surface area contributed by atoms with Gasteiger partial charge in [0.15, 0.2) is 0 Å². The first-order valence-electron chi connectivity index (χ1n) is 8.62. The van der Waals surface area contributed by atoms with Gasteiger partial charge in [0.05, 0.1) is 18.8 Å². The van der Waals surface area contributed by atoms with Crippen LogP contribution in [0.2, 0.25) is 0 Å². The largest absolute Gasteiger partial charge is 0.373 e. The number of halogens is 1. The number of rotatable bonds is 7. The van der Waals surface area contributed by atoms with Crippen molar-refractivity contribution >= 4 is 11.8 Å². The molecule has 1 heterocycles. The van der Waals surface area contributed by atoms with Crippen LogP contribution in [0.1, 0.15) is 30.6 Å². The number of hydrogen-bond acceptors (Lipinski definition) is 4. The maximum Gasteiger partial charge on any atom is 0.251 e. The lowest BCUT2D eigenvalue weighted by Gasteiger charge is -2.35. The maximum atomic E-state index is 12.8. The first-order valence-corrected chi connectivity index (χ1v) is 8.62. The van der Waals surface area contributed by atoms with Crippen molar-refractivity contribution in [2.75, 3.05) is 32.7 Å². The Balaban J connectivity index is 1.59. The van der Waals surface area contributed by atoms with Crippen LogP contribution >= 0.6 is 0 Å². The zero-order chi connectivity index (χ0) is 18.2. The number of morpholine rings is 1. The van der Waals surface area contributed by atoms with Gasteiger partial charge in [-0.25, -0.2) is 4.39 Å². The standard InChI is InChI=1S/C18H26FN3O3/c1-13-11-22(12-14(2)25-13)9-3-8-20-17(23)10-21-18(24)15-4-6-16(19)7-5-15/h4-7,13-14H,3,8-12H2,1-2H3,(H,20,23)(H,21,24). The number of benzene rings is 1. The number of nitrogens with zero attached hydrogens (tertiary/aromatic N) is 1. The van der Waals surface area contributed by atoms with Gasteiger partial charge in [-0.2, -0.15) is 0 Å². The summed E-state index contributed by atoms with van der Waals surface area (Å²) < 4.78 is 18.5. The molecule has 2 amide bonds. The highest BCUT2D eigenvalue weighted by Gasteiger charge is 2.21. The zero-order valence-electron chi connectivity index (χ0n) is 14.8. The number of carbonyl (C=O) groups is 2. The SMILES string of the molecule is CC1CN(CCCNC(=O)CNC(=O)c2ccc(F)cc2)CC(C)O1. The predicted molar refractivity (Wildman–Crippen MR) is 92.8 cm³/mol. The molecule has 0 radical (unpaired) electrons. The van der Waals surface area contributed by atoms with E-state index in [1.165, 1.54) is 24.3 Å². The molecule has 1 saturated heterocycles. The quantitative estimate of drug-likeness (QED) is 0.724. The van der Waals surface area contributed by atoms with Crippen molar-refractivity contribution in [2.45, 2.75) is 32.5 Å². The Labute approximate surface area is 147 Å². The lowest BCUT2D eigenvalue weighted by atomic mass is 10.2. The second-order valence-corrected chi connectivity index (χ2v) is 6.41. The highest BCUT2D eigenvalue weighted by molar-refractivity contribution is 5.96. The van der Waals surface area contributed by atoms with Gasteiger partial charge in [-0.15, -0.1) is 0 Å². The van der Waals surface area contributed by atoms with E-state index in [2.05, 4.69) is 29.4 Å². The normalized spacial score (nSPS) is 20.9. The minimum absolute atomic E-state index is 0.0954. The smallest absolute Gasteiger partial charge is 0.251 e. The van der Waals surface area contributed by atoms with Gasteiger partial charge in [0.1, 0.15) is 5.82 Å². The fourth-order valence-corrected chi connectivity index (χ4v) is 2.92. The summed E-state index contributed by atoms with van der Waals surface area (Å²) in [6, 6.07) is 5.18. The highest BCUT2D eigenvalue weighted by Crippen LogP contribution is 2.10. The van der Waals surface area contributed by atoms with Crippen LogP contribution in [0.15, 0.2) is 24.3 Å². The van der Waals surface area contributed by atoms with E-state index in [-0.39, 0.29) is 24.7 Å². The lowest BCUT2D eigenvalue weighted by Crippen LogP contribution is -2.46. The number of carbonyl (C=O) groups excluding carboxylic acids is 2. The summed E-state index contributed by atoms with van der Waals surface area (Å²) in [5.74, 6) is -1.04. The van der Waals surface area contributed by atoms with Gasteiger partial charge in [-0.05, 0) is 44.5 Å². The fraction of sp³-hybridized carbons (Fsp3) is 0.556. The highest BCUT2D eigenvalue weighted by atomic mass is 19.1. The molecule has 138 valence electrons. The molecule has 0 bridgehead atoms. The second-order valence-electron chi connectivity index (χ2n) is 6.41. The van der Waals surface area contributed by atoms with Crippen molar-refractivity contribution in [2.24, 2.45) is 0 Å². The minimum Gasteiger partial charge on any atom is -0.373 e. The molecular formula is C18H26FN3O3. The van der Waals surface area contributed by atoms with E-state index in [0.29, 0.717) is 12.1 Å². The summed E-state index contributed by atoms with van der Waals surface area (Å²) in [6.07, 6.45) is 1.32. The summed E-state index contributed by atoms with van der Waals surface area (Å²) >= 11 is 0. The summed E-state index contributed by atoms with van der Waals surface area (Å²) in [5.41, 5.74) is 0.324. The second kappa shape index (κ2) is 9.48. The molecule has 0 saturated carbocycles. The van der Waals surface area contributed by atoms with E-state index < -0.39 is 11.7 Å². The molecule has 2 rings (SSSR count). The third-order valence-corrected chi connectivity index (χ3v) is 3.98. The molecule has 0 aliphatic carbocycles. The molecule has 2 atom stereocenters. The van der Waals surface area contributed by atoms with Crippen LogP contribution in [-0.4, -0.2) is 61.6 Å². The number of hydrogen-bond donors (Lipinski definition) is 2. The van der Waals surface area contributed by atoms with E-state index in [9.17, 15) is 14.0 Å². The average Bonchev–Trinajstić information content (AvgIpc) is 2.56. The van der Waals surface area contributed by atoms with Gasteiger partial charge in [0.2, 0.25) is 5.91 Å². The first kappa shape index (κ1) is 19.3. The Hall–Kier alpha value is -1.99. The number of nitrogens with one attached hydrogen (secondary N) is 2. The monoisotopic (exact) mass is 351 g/mol. The Bertz CT molecular complexity index is 569. The van der Waals surface area contributed by atoms with Gasteiger partial charge >= 0.3 is 0 Å². The minimum atomic E-state index is -0.404. The fourth-order valence-electron chi connectivity index (χ4n) is 2.92. The van der Waals surface area contributed by atoms with E-state index in [1.54, 1.807) is 0 Å². The number of ether oxygens (including phenoxy) is 1. The Morgan fingerprint density at radius 2 is 1.80 bits per heavy atom. The van der Waals surface area contributed by atoms with Gasteiger partial charge in [-0.1, -0.05) is 0 Å². The Morgan fingerprint density at radius 1 is 1.16 bits per heavy atom. The van der Waals surface area contributed by atoms with Crippen LogP contribution in [0.5, 0.6) is 0 Å². The molecule has 1 fully saturated rings. The Kier molecular flexibility index (Phi) is 7.33. The third-order valence-electron chi connectivity index (χ3n) is 3.98. The molecule has 2 N–H and O–H groups in total. The van der Waals surface area contributed by atoms with Crippen LogP contribution in [0.3, 0.4) is 0 Å². The van der Waals surface area contributed by atoms with E-state index in [4.69, 9.17) is 4.74 Å². The zero-order valence-corrected chi connectivity index (χ0v) is 14.8. The third kappa shape index (κ3) is 6.80. The van der Waals surface area contributed by atoms with Gasteiger partial charge < -0.3 is 15.4 Å². The molecule has 2 unspecified atom stereocenters. The molecule has 6 nitrogen and oxygen atoms in total. The molecular weight excluding hydrogens is 325 g/mol. The van der Waals surface area contributed by atoms with Gasteiger partial charge in [0, 0.05) is 31.7 Å². The van der Waals surface area contributed by atoms with Crippen molar-refractivity contribution < 1.29 is 18.7 Å². The van der Waals surface area contributed by atoms with Gasteiger partial charge in [-0.3, -0.25) is 14.5 Å². The summed E-state index contributed by atoms with van der Waals surface area (Å²) in [6.45, 7) is 7.31. The number of amides is 2. The molecule has 1 aromatic rings. The lowest BCUT2D eigenvalue weighted by molar-refractivity contribution is -0.120. The predicted octanol–water partition coefficient (Wildman–Crippen LogP) is 1.17. The molecule has 0 aromatic heterocycles. The van der Waals surface area contributed by atoms with E-state index in [1.807, 2.05) is 0 Å². The molecule has 7 heteroatoms. The van der Waals surface area contributed by atoms with Crippen molar-refractivity contribution in [3.63, 3.8) is 0 Å². The molecule has 0 spiro atoms. The molecule has 1 aliphatic heterocycles. The van der Waals surface area contributed by atoms with Crippen molar-refractivity contribution in [3.8, 4) is 0 Å². The van der Waals surface area contributed by atoms with Crippen LogP contribution in [0.4, 0.5) is 4.39 Å². The Morgan fingerprint density at radius 3 is 2.44 bits per heavy atom. The maximum absolute atomic E-state index is 12.8.